The molecule has 0 aliphatic heterocycles. The van der Waals surface area contributed by atoms with Crippen molar-refractivity contribution in [2.45, 2.75) is 33.7 Å². The van der Waals surface area contributed by atoms with E-state index in [0.29, 0.717) is 12.0 Å². The third-order valence-electron chi connectivity index (χ3n) is 3.29. The molecule has 0 aromatic heterocycles. The van der Waals surface area contributed by atoms with E-state index in [1.165, 1.54) is 17.0 Å². The lowest BCUT2D eigenvalue weighted by molar-refractivity contribution is -0.135. The van der Waals surface area contributed by atoms with Crippen LogP contribution in [0.3, 0.4) is 0 Å². The van der Waals surface area contributed by atoms with Crippen LogP contribution < -0.4 is 5.73 Å². The Labute approximate surface area is 125 Å². The van der Waals surface area contributed by atoms with Crippen molar-refractivity contribution in [1.82, 2.24) is 4.90 Å². The average Bonchev–Trinajstić information content (AvgIpc) is 2.37. The fourth-order valence-corrected chi connectivity index (χ4v) is 2.31. The zero-order valence-corrected chi connectivity index (χ0v) is 13.1. The number of amides is 1. The Balaban J connectivity index is 2.77. The summed E-state index contributed by atoms with van der Waals surface area (Å²) in [4.78, 5) is 13.8. The Kier molecular flexibility index (Phi) is 5.84. The van der Waals surface area contributed by atoms with Crippen molar-refractivity contribution < 1.29 is 13.6 Å². The minimum absolute atomic E-state index is 0.0122. The number of hydrogen-bond acceptors (Lipinski definition) is 2. The normalized spacial score (nSPS) is 13.1. The van der Waals surface area contributed by atoms with Gasteiger partial charge in [0.15, 0.2) is 0 Å². The molecule has 1 aromatic carbocycles. The van der Waals surface area contributed by atoms with Gasteiger partial charge in [-0.05, 0) is 17.9 Å². The minimum atomic E-state index is -0.644. The van der Waals surface area contributed by atoms with E-state index < -0.39 is 11.6 Å². The van der Waals surface area contributed by atoms with Crippen molar-refractivity contribution >= 4 is 5.91 Å². The van der Waals surface area contributed by atoms with Gasteiger partial charge in [-0.1, -0.05) is 26.8 Å². The molecule has 0 heterocycles. The maximum Gasteiger partial charge on any atom is 0.227 e. The van der Waals surface area contributed by atoms with E-state index in [2.05, 4.69) is 0 Å². The van der Waals surface area contributed by atoms with E-state index in [1.807, 2.05) is 20.8 Å². The molecule has 5 heteroatoms. The van der Waals surface area contributed by atoms with Crippen molar-refractivity contribution in [2.24, 2.45) is 17.1 Å². The fraction of sp³-hybridized carbons (Fsp3) is 0.562. The molecule has 0 saturated heterocycles. The third-order valence-corrected chi connectivity index (χ3v) is 3.29. The molecule has 21 heavy (non-hydrogen) atoms. The molecule has 3 nitrogen and oxygen atoms in total. The van der Waals surface area contributed by atoms with Crippen molar-refractivity contribution in [3.63, 3.8) is 0 Å². The second-order valence-electron chi connectivity index (χ2n) is 6.63. The van der Waals surface area contributed by atoms with Gasteiger partial charge in [-0.15, -0.1) is 0 Å². The van der Waals surface area contributed by atoms with E-state index in [1.54, 1.807) is 7.05 Å². The maximum atomic E-state index is 13.6. The molecule has 1 atom stereocenters. The van der Waals surface area contributed by atoms with Gasteiger partial charge in [0.05, 0.1) is 5.92 Å². The second kappa shape index (κ2) is 6.98. The summed E-state index contributed by atoms with van der Waals surface area (Å²) in [6.07, 6.45) is 0.665. The monoisotopic (exact) mass is 298 g/mol. The molecule has 0 radical (unpaired) electrons. The Hall–Kier alpha value is -1.49. The molecular weight excluding hydrogens is 274 g/mol. The largest absolute Gasteiger partial charge is 0.341 e. The van der Waals surface area contributed by atoms with Gasteiger partial charge < -0.3 is 10.6 Å². The topological polar surface area (TPSA) is 46.3 Å². The van der Waals surface area contributed by atoms with Crippen LogP contribution in [0.15, 0.2) is 18.2 Å². The summed E-state index contributed by atoms with van der Waals surface area (Å²) in [7, 11) is 1.61. The van der Waals surface area contributed by atoms with Gasteiger partial charge in [0.25, 0.3) is 0 Å². The molecule has 1 rings (SSSR count). The van der Waals surface area contributed by atoms with E-state index in [-0.39, 0.29) is 30.3 Å². The SMILES string of the molecule is CN(Cc1ccc(F)cc1F)C(=O)C(CN)CC(C)(C)C. The van der Waals surface area contributed by atoms with Gasteiger partial charge in [0.1, 0.15) is 11.6 Å². The van der Waals surface area contributed by atoms with Crippen LogP contribution in [-0.2, 0) is 11.3 Å². The summed E-state index contributed by atoms with van der Waals surface area (Å²) in [5.41, 5.74) is 5.97. The predicted molar refractivity (Wildman–Crippen MR) is 79.4 cm³/mol. The Morgan fingerprint density at radius 1 is 1.33 bits per heavy atom. The number of halogens is 2. The first-order chi connectivity index (χ1) is 9.64. The molecule has 2 N–H and O–H groups in total. The molecule has 0 aliphatic carbocycles. The van der Waals surface area contributed by atoms with Crippen molar-refractivity contribution in [1.29, 1.82) is 0 Å². The number of nitrogens with zero attached hydrogens (tertiary/aromatic N) is 1. The summed E-state index contributed by atoms with van der Waals surface area (Å²) >= 11 is 0. The van der Waals surface area contributed by atoms with Crippen LogP contribution in [0.25, 0.3) is 0 Å². The first kappa shape index (κ1) is 17.6. The van der Waals surface area contributed by atoms with E-state index >= 15 is 0 Å². The second-order valence-corrected chi connectivity index (χ2v) is 6.63. The van der Waals surface area contributed by atoms with Crippen LogP contribution in [0.1, 0.15) is 32.8 Å². The molecule has 0 fully saturated rings. The van der Waals surface area contributed by atoms with E-state index in [4.69, 9.17) is 5.73 Å². The molecule has 1 unspecified atom stereocenters. The van der Waals surface area contributed by atoms with Gasteiger partial charge in [-0.25, -0.2) is 8.78 Å². The van der Waals surface area contributed by atoms with Crippen LogP contribution in [0, 0.1) is 23.0 Å². The lowest BCUT2D eigenvalue weighted by atomic mass is 9.84. The smallest absolute Gasteiger partial charge is 0.227 e. The molecule has 0 saturated carbocycles. The lowest BCUT2D eigenvalue weighted by Crippen LogP contribution is -2.38. The standard InChI is InChI=1S/C16H24F2N2O/c1-16(2,3)8-12(9-19)15(21)20(4)10-11-5-6-13(17)7-14(11)18/h5-7,12H,8-10,19H2,1-4H3. The number of hydrogen-bond donors (Lipinski definition) is 1. The highest BCUT2D eigenvalue weighted by Gasteiger charge is 2.26. The molecule has 1 amide bonds. The molecule has 0 spiro atoms. The Morgan fingerprint density at radius 3 is 2.43 bits per heavy atom. The lowest BCUT2D eigenvalue weighted by Gasteiger charge is -2.28. The Bertz CT molecular complexity index is 498. The van der Waals surface area contributed by atoms with Crippen LogP contribution in [0.2, 0.25) is 0 Å². The molecular formula is C16H24F2N2O. The summed E-state index contributed by atoms with van der Waals surface area (Å²) in [6, 6.07) is 3.37. The average molecular weight is 298 g/mol. The van der Waals surface area contributed by atoms with Crippen LogP contribution in [0.5, 0.6) is 0 Å². The number of carbonyl (C=O) groups excluding carboxylic acids is 1. The fourth-order valence-electron chi connectivity index (χ4n) is 2.31. The minimum Gasteiger partial charge on any atom is -0.341 e. The molecule has 0 aliphatic rings. The highest BCUT2D eigenvalue weighted by Crippen LogP contribution is 2.25. The molecule has 1 aromatic rings. The highest BCUT2D eigenvalue weighted by molar-refractivity contribution is 5.78. The van der Waals surface area contributed by atoms with E-state index in [9.17, 15) is 13.6 Å². The zero-order chi connectivity index (χ0) is 16.2. The number of rotatable bonds is 5. The summed E-state index contributed by atoms with van der Waals surface area (Å²) < 4.78 is 26.5. The van der Waals surface area contributed by atoms with Crippen LogP contribution >= 0.6 is 0 Å². The maximum absolute atomic E-state index is 13.6. The Morgan fingerprint density at radius 2 is 1.95 bits per heavy atom. The number of nitrogens with two attached hydrogens (primary N) is 1. The van der Waals surface area contributed by atoms with Gasteiger partial charge in [0, 0.05) is 31.8 Å². The molecule has 118 valence electrons. The van der Waals surface area contributed by atoms with Gasteiger partial charge >= 0.3 is 0 Å². The first-order valence-corrected chi connectivity index (χ1v) is 7.03. The third kappa shape index (κ3) is 5.42. The van der Waals surface area contributed by atoms with E-state index in [0.717, 1.165) is 6.07 Å². The van der Waals surface area contributed by atoms with Gasteiger partial charge in [0.2, 0.25) is 5.91 Å². The van der Waals surface area contributed by atoms with Crippen molar-refractivity contribution in [3.8, 4) is 0 Å². The zero-order valence-electron chi connectivity index (χ0n) is 13.1. The van der Waals surface area contributed by atoms with Crippen molar-refractivity contribution in [2.75, 3.05) is 13.6 Å². The van der Waals surface area contributed by atoms with Gasteiger partial charge in [-0.3, -0.25) is 4.79 Å². The highest BCUT2D eigenvalue weighted by atomic mass is 19.1. The predicted octanol–water partition coefficient (Wildman–Crippen LogP) is 2.93. The van der Waals surface area contributed by atoms with Crippen molar-refractivity contribution in [3.05, 3.63) is 35.4 Å². The summed E-state index contributed by atoms with van der Waals surface area (Å²) in [6.45, 7) is 6.49. The summed E-state index contributed by atoms with van der Waals surface area (Å²) in [5.74, 6) is -1.68. The van der Waals surface area contributed by atoms with Gasteiger partial charge in [-0.2, -0.15) is 0 Å². The first-order valence-electron chi connectivity index (χ1n) is 7.03. The quantitative estimate of drug-likeness (QED) is 0.908. The number of carbonyl (C=O) groups is 1. The van der Waals surface area contributed by atoms with Crippen LogP contribution in [-0.4, -0.2) is 24.4 Å². The number of benzene rings is 1. The van der Waals surface area contributed by atoms with Crippen LogP contribution in [0.4, 0.5) is 8.78 Å². The molecule has 0 bridgehead atoms. The summed E-state index contributed by atoms with van der Waals surface area (Å²) in [5, 5.41) is 0.